The van der Waals surface area contributed by atoms with Crippen molar-refractivity contribution in [2.45, 2.75) is 25.0 Å². The molecule has 1 unspecified atom stereocenters. The van der Waals surface area contributed by atoms with E-state index < -0.39 is 18.1 Å². The molecular formula is C9H16N2O5. The van der Waals surface area contributed by atoms with Crippen molar-refractivity contribution in [1.29, 1.82) is 0 Å². The first-order chi connectivity index (χ1) is 7.56. The molecule has 7 heteroatoms. The molecule has 1 aliphatic carbocycles. The van der Waals surface area contributed by atoms with Gasteiger partial charge in [0.25, 0.3) is 0 Å². The van der Waals surface area contributed by atoms with Gasteiger partial charge in [-0.25, -0.2) is 9.59 Å². The van der Waals surface area contributed by atoms with E-state index in [0.29, 0.717) is 0 Å². The highest BCUT2D eigenvalue weighted by molar-refractivity contribution is 5.77. The fourth-order valence-electron chi connectivity index (χ4n) is 1.32. The first-order valence-corrected chi connectivity index (χ1v) is 5.12. The number of aliphatic hydroxyl groups is 2. The number of nitrogens with zero attached hydrogens (tertiary/aromatic N) is 1. The Morgan fingerprint density at radius 2 is 2.06 bits per heavy atom. The lowest BCUT2D eigenvalue weighted by atomic mass is 10.3. The highest BCUT2D eigenvalue weighted by Gasteiger charge is 2.32. The Kier molecular flexibility index (Phi) is 4.51. The third-order valence-electron chi connectivity index (χ3n) is 2.32. The van der Waals surface area contributed by atoms with Crippen LogP contribution in [0.4, 0.5) is 4.79 Å². The zero-order chi connectivity index (χ0) is 12.1. The summed E-state index contributed by atoms with van der Waals surface area (Å²) in [5, 5.41) is 28.4. The number of rotatable bonds is 6. The number of urea groups is 1. The van der Waals surface area contributed by atoms with E-state index in [9.17, 15) is 9.59 Å². The van der Waals surface area contributed by atoms with Crippen LogP contribution in [-0.4, -0.2) is 64.1 Å². The Morgan fingerprint density at radius 3 is 2.50 bits per heavy atom. The van der Waals surface area contributed by atoms with E-state index in [1.54, 1.807) is 0 Å². The maximum absolute atomic E-state index is 11.5. The molecule has 1 aliphatic rings. The molecule has 0 spiro atoms. The monoisotopic (exact) mass is 232 g/mol. The van der Waals surface area contributed by atoms with Crippen LogP contribution in [0.15, 0.2) is 0 Å². The van der Waals surface area contributed by atoms with E-state index >= 15 is 0 Å². The fraction of sp³-hybridized carbons (Fsp3) is 0.778. The minimum absolute atomic E-state index is 0.133. The van der Waals surface area contributed by atoms with Crippen LogP contribution in [0.3, 0.4) is 0 Å². The predicted octanol–water partition coefficient (Wildman–Crippen LogP) is -1.40. The minimum atomic E-state index is -1.60. The summed E-state index contributed by atoms with van der Waals surface area (Å²) in [6.45, 7) is -0.242. The summed E-state index contributed by atoms with van der Waals surface area (Å²) in [4.78, 5) is 23.3. The smallest absolute Gasteiger partial charge is 0.334 e. The largest absolute Gasteiger partial charge is 0.479 e. The van der Waals surface area contributed by atoms with E-state index in [2.05, 4.69) is 5.32 Å². The number of nitrogens with one attached hydrogen (secondary N) is 1. The predicted molar refractivity (Wildman–Crippen MR) is 53.9 cm³/mol. The molecule has 0 aromatic heterocycles. The Hall–Kier alpha value is -1.34. The molecule has 92 valence electrons. The molecule has 16 heavy (non-hydrogen) atoms. The van der Waals surface area contributed by atoms with Gasteiger partial charge in [-0.2, -0.15) is 0 Å². The van der Waals surface area contributed by atoms with Crippen LogP contribution in [0.5, 0.6) is 0 Å². The number of hydrogen-bond donors (Lipinski definition) is 4. The van der Waals surface area contributed by atoms with Crippen LogP contribution in [0.1, 0.15) is 12.8 Å². The molecule has 1 saturated carbocycles. The van der Waals surface area contributed by atoms with Crippen LogP contribution in [-0.2, 0) is 4.79 Å². The quantitative estimate of drug-likeness (QED) is 0.450. The molecule has 0 aromatic carbocycles. The normalized spacial score (nSPS) is 16.6. The lowest BCUT2D eigenvalue weighted by Gasteiger charge is -2.22. The van der Waals surface area contributed by atoms with Gasteiger partial charge in [-0.3, -0.25) is 0 Å². The van der Waals surface area contributed by atoms with Gasteiger partial charge in [-0.15, -0.1) is 0 Å². The van der Waals surface area contributed by atoms with Gasteiger partial charge >= 0.3 is 12.0 Å². The number of amides is 2. The zero-order valence-electron chi connectivity index (χ0n) is 8.80. The number of hydrogen-bond acceptors (Lipinski definition) is 4. The number of carboxylic acid groups (broad SMARTS) is 1. The molecule has 0 radical (unpaired) electrons. The van der Waals surface area contributed by atoms with Gasteiger partial charge in [0, 0.05) is 12.6 Å². The van der Waals surface area contributed by atoms with Gasteiger partial charge in [0.15, 0.2) is 6.10 Å². The van der Waals surface area contributed by atoms with Gasteiger partial charge in [-0.1, -0.05) is 0 Å². The molecule has 2 amide bonds. The fourth-order valence-corrected chi connectivity index (χ4v) is 1.32. The molecule has 1 rings (SSSR count). The standard InChI is InChI=1S/C9H16N2O5/c12-4-3-11(6-1-2-6)9(16)10-5-7(13)8(14)15/h6-7,12-13H,1-5H2,(H,10,16)(H,14,15). The molecule has 1 fully saturated rings. The van der Waals surface area contributed by atoms with Crippen molar-refractivity contribution in [2.24, 2.45) is 0 Å². The van der Waals surface area contributed by atoms with E-state index in [4.69, 9.17) is 15.3 Å². The van der Waals surface area contributed by atoms with Crippen LogP contribution in [0, 0.1) is 0 Å². The summed E-state index contributed by atoms with van der Waals surface area (Å²) in [7, 11) is 0. The maximum Gasteiger partial charge on any atom is 0.334 e. The van der Waals surface area contributed by atoms with Gasteiger partial charge in [0.1, 0.15) is 0 Å². The summed E-state index contributed by atoms with van der Waals surface area (Å²) >= 11 is 0. The van der Waals surface area contributed by atoms with Crippen LogP contribution in [0.2, 0.25) is 0 Å². The Balaban J connectivity index is 2.34. The second-order valence-electron chi connectivity index (χ2n) is 3.69. The number of aliphatic carboxylic acids is 1. The highest BCUT2D eigenvalue weighted by Crippen LogP contribution is 2.26. The molecule has 0 bridgehead atoms. The molecular weight excluding hydrogens is 216 g/mol. The van der Waals surface area contributed by atoms with Crippen molar-refractivity contribution in [3.05, 3.63) is 0 Å². The second kappa shape index (κ2) is 5.66. The number of carboxylic acids is 1. The summed E-state index contributed by atoms with van der Waals surface area (Å²) < 4.78 is 0. The minimum Gasteiger partial charge on any atom is -0.479 e. The zero-order valence-corrected chi connectivity index (χ0v) is 8.80. The van der Waals surface area contributed by atoms with E-state index in [1.807, 2.05) is 0 Å². The number of carbonyl (C=O) groups excluding carboxylic acids is 1. The third kappa shape index (κ3) is 3.67. The van der Waals surface area contributed by atoms with Gasteiger partial charge < -0.3 is 25.5 Å². The summed E-state index contributed by atoms with van der Waals surface area (Å²) in [5.74, 6) is -1.37. The highest BCUT2D eigenvalue weighted by atomic mass is 16.4. The summed E-state index contributed by atoms with van der Waals surface area (Å²) in [5.41, 5.74) is 0. The van der Waals surface area contributed by atoms with Crippen molar-refractivity contribution in [2.75, 3.05) is 19.7 Å². The molecule has 0 aromatic rings. The number of carbonyl (C=O) groups is 2. The SMILES string of the molecule is O=C(O)C(O)CNC(=O)N(CCO)C1CC1. The van der Waals surface area contributed by atoms with Gasteiger partial charge in [-0.05, 0) is 12.8 Å². The third-order valence-corrected chi connectivity index (χ3v) is 2.32. The molecule has 0 heterocycles. The maximum atomic E-state index is 11.5. The van der Waals surface area contributed by atoms with Crippen molar-refractivity contribution in [3.63, 3.8) is 0 Å². The Morgan fingerprint density at radius 1 is 1.44 bits per heavy atom. The topological polar surface area (TPSA) is 110 Å². The van der Waals surface area contributed by atoms with Crippen LogP contribution in [0.25, 0.3) is 0 Å². The second-order valence-corrected chi connectivity index (χ2v) is 3.69. The summed E-state index contributed by atoms with van der Waals surface area (Å²) in [6.07, 6.45) is 0.197. The van der Waals surface area contributed by atoms with Crippen LogP contribution >= 0.6 is 0 Å². The van der Waals surface area contributed by atoms with Crippen molar-refractivity contribution in [1.82, 2.24) is 10.2 Å². The summed E-state index contributed by atoms with van der Waals surface area (Å²) in [6, 6.07) is -0.314. The van der Waals surface area contributed by atoms with Gasteiger partial charge in [0.05, 0.1) is 13.2 Å². The van der Waals surface area contributed by atoms with Gasteiger partial charge in [0.2, 0.25) is 0 Å². The Bertz CT molecular complexity index is 267. The molecule has 7 nitrogen and oxygen atoms in total. The molecule has 1 atom stereocenters. The van der Waals surface area contributed by atoms with Crippen molar-refractivity contribution < 1.29 is 24.9 Å². The van der Waals surface area contributed by atoms with Crippen molar-refractivity contribution in [3.8, 4) is 0 Å². The molecule has 0 saturated heterocycles. The van der Waals surface area contributed by atoms with Crippen molar-refractivity contribution >= 4 is 12.0 Å². The lowest BCUT2D eigenvalue weighted by Crippen LogP contribution is -2.46. The van der Waals surface area contributed by atoms with E-state index in [0.717, 1.165) is 12.8 Å². The van der Waals surface area contributed by atoms with Crippen LogP contribution < -0.4 is 5.32 Å². The molecule has 4 N–H and O–H groups in total. The Labute approximate surface area is 92.7 Å². The molecule has 0 aliphatic heterocycles. The average Bonchev–Trinajstić information content (AvgIpc) is 3.05. The first kappa shape index (κ1) is 12.7. The average molecular weight is 232 g/mol. The van der Waals surface area contributed by atoms with E-state index in [1.165, 1.54) is 4.90 Å². The number of aliphatic hydroxyl groups excluding tert-OH is 2. The lowest BCUT2D eigenvalue weighted by molar-refractivity contribution is -0.146. The van der Waals surface area contributed by atoms with E-state index in [-0.39, 0.29) is 25.7 Å². The first-order valence-electron chi connectivity index (χ1n) is 5.12.